The van der Waals surface area contributed by atoms with Gasteiger partial charge in [0.1, 0.15) is 5.25 Å². The van der Waals surface area contributed by atoms with Crippen LogP contribution in [0.1, 0.15) is 46.0 Å². The minimum atomic E-state index is -3.42. The van der Waals surface area contributed by atoms with E-state index < -0.39 is 15.3 Å². The molecule has 0 aromatic heterocycles. The Morgan fingerprint density at radius 2 is 1.82 bits per heavy atom. The number of thiocarbonyl (C=S) groups is 1. The van der Waals surface area contributed by atoms with Gasteiger partial charge in [-0.05, 0) is 32.6 Å². The third-order valence-electron chi connectivity index (χ3n) is 3.57. The lowest BCUT2D eigenvalue weighted by molar-refractivity contribution is 0.303. The molecule has 0 aromatic rings. The highest BCUT2D eigenvalue weighted by Gasteiger charge is 2.28. The van der Waals surface area contributed by atoms with E-state index in [1.807, 2.05) is 6.92 Å². The van der Waals surface area contributed by atoms with E-state index in [2.05, 4.69) is 4.72 Å². The molecule has 2 atom stereocenters. The van der Waals surface area contributed by atoms with Crippen molar-refractivity contribution in [3.8, 4) is 0 Å². The third kappa shape index (κ3) is 4.19. The van der Waals surface area contributed by atoms with E-state index in [-0.39, 0.29) is 11.0 Å². The Labute approximate surface area is 109 Å². The van der Waals surface area contributed by atoms with E-state index in [1.54, 1.807) is 0 Å². The molecule has 0 bridgehead atoms. The third-order valence-corrected chi connectivity index (χ3v) is 5.96. The summed E-state index contributed by atoms with van der Waals surface area (Å²) in [5, 5.41) is -0.802. The van der Waals surface area contributed by atoms with Crippen molar-refractivity contribution in [2.45, 2.75) is 57.2 Å². The molecule has 1 aliphatic carbocycles. The molecule has 1 rings (SSSR count). The molecule has 1 aliphatic rings. The van der Waals surface area contributed by atoms with E-state index >= 15 is 0 Å². The van der Waals surface area contributed by atoms with Crippen LogP contribution < -0.4 is 10.5 Å². The molecule has 6 heteroatoms. The predicted octanol–water partition coefficient (Wildman–Crippen LogP) is 1.55. The molecular formula is C11H22N2O2S2. The summed E-state index contributed by atoms with van der Waals surface area (Å²) >= 11 is 4.73. The summed E-state index contributed by atoms with van der Waals surface area (Å²) in [6, 6.07) is -0.0305. The Bertz CT molecular complexity index is 362. The molecule has 17 heavy (non-hydrogen) atoms. The van der Waals surface area contributed by atoms with Gasteiger partial charge in [0.15, 0.2) is 0 Å². The van der Waals surface area contributed by atoms with Gasteiger partial charge in [0.05, 0.1) is 4.99 Å². The standard InChI is InChI=1S/C11H22N2O2S2/c1-8(10-6-4-3-5-7-10)13-17(14,15)9(2)11(12)16/h8-10,13H,3-7H2,1-2H3,(H2,12,16). The second-order valence-corrected chi connectivity index (χ2v) is 7.40. The van der Waals surface area contributed by atoms with Crippen LogP contribution in [0.15, 0.2) is 0 Å². The van der Waals surface area contributed by atoms with Crippen molar-refractivity contribution < 1.29 is 8.42 Å². The van der Waals surface area contributed by atoms with Gasteiger partial charge in [-0.1, -0.05) is 31.5 Å². The summed E-state index contributed by atoms with van der Waals surface area (Å²) in [6.07, 6.45) is 5.86. The smallest absolute Gasteiger partial charge is 0.220 e. The van der Waals surface area contributed by atoms with Gasteiger partial charge in [0, 0.05) is 6.04 Å². The zero-order chi connectivity index (χ0) is 13.1. The van der Waals surface area contributed by atoms with Gasteiger partial charge in [-0.3, -0.25) is 0 Å². The van der Waals surface area contributed by atoms with Crippen molar-refractivity contribution in [1.29, 1.82) is 0 Å². The lowest BCUT2D eigenvalue weighted by Gasteiger charge is -2.28. The average molecular weight is 278 g/mol. The van der Waals surface area contributed by atoms with Gasteiger partial charge in [0.25, 0.3) is 0 Å². The fourth-order valence-corrected chi connectivity index (χ4v) is 3.85. The summed E-state index contributed by atoms with van der Waals surface area (Å²) in [7, 11) is -3.42. The molecule has 3 N–H and O–H groups in total. The maximum absolute atomic E-state index is 11.9. The van der Waals surface area contributed by atoms with Crippen molar-refractivity contribution in [1.82, 2.24) is 4.72 Å². The summed E-state index contributed by atoms with van der Waals surface area (Å²) in [5.74, 6) is 0.442. The lowest BCUT2D eigenvalue weighted by Crippen LogP contribution is -2.46. The summed E-state index contributed by atoms with van der Waals surface area (Å²) in [5.41, 5.74) is 5.39. The highest BCUT2D eigenvalue weighted by molar-refractivity contribution is 7.93. The van der Waals surface area contributed by atoms with Crippen LogP contribution in [0.3, 0.4) is 0 Å². The van der Waals surface area contributed by atoms with Crippen molar-refractivity contribution in [3.63, 3.8) is 0 Å². The molecule has 100 valence electrons. The summed E-state index contributed by atoms with van der Waals surface area (Å²) in [4.78, 5) is 0.0216. The van der Waals surface area contributed by atoms with Gasteiger partial charge < -0.3 is 5.73 Å². The largest absolute Gasteiger partial charge is 0.392 e. The number of hydrogen-bond donors (Lipinski definition) is 2. The first-order valence-electron chi connectivity index (χ1n) is 6.15. The molecule has 0 heterocycles. The second-order valence-electron chi connectivity index (χ2n) is 4.89. The molecular weight excluding hydrogens is 256 g/mol. The van der Waals surface area contributed by atoms with Crippen LogP contribution in [0, 0.1) is 5.92 Å². The van der Waals surface area contributed by atoms with E-state index in [4.69, 9.17) is 18.0 Å². The second kappa shape index (κ2) is 6.11. The Kier molecular flexibility index (Phi) is 5.34. The van der Waals surface area contributed by atoms with Crippen LogP contribution in [-0.4, -0.2) is 24.7 Å². The first kappa shape index (κ1) is 14.9. The molecule has 0 amide bonds. The SMILES string of the molecule is CC(NS(=O)(=O)C(C)C(N)=S)C1CCCCC1. The maximum Gasteiger partial charge on any atom is 0.220 e. The Morgan fingerprint density at radius 3 is 2.29 bits per heavy atom. The first-order valence-corrected chi connectivity index (χ1v) is 8.10. The number of nitrogens with two attached hydrogens (primary N) is 1. The zero-order valence-electron chi connectivity index (χ0n) is 10.5. The minimum Gasteiger partial charge on any atom is -0.392 e. The van der Waals surface area contributed by atoms with Gasteiger partial charge in [0.2, 0.25) is 10.0 Å². The number of nitrogens with one attached hydrogen (secondary N) is 1. The average Bonchev–Trinajstić information content (AvgIpc) is 2.28. The molecule has 4 nitrogen and oxygen atoms in total. The van der Waals surface area contributed by atoms with E-state index in [1.165, 1.54) is 26.2 Å². The minimum absolute atomic E-state index is 0.0216. The fraction of sp³-hybridized carbons (Fsp3) is 0.909. The molecule has 1 fully saturated rings. The Morgan fingerprint density at radius 1 is 1.29 bits per heavy atom. The number of sulfonamides is 1. The van der Waals surface area contributed by atoms with Crippen molar-refractivity contribution in [3.05, 3.63) is 0 Å². The molecule has 0 aliphatic heterocycles. The molecule has 2 unspecified atom stereocenters. The molecule has 1 saturated carbocycles. The van der Waals surface area contributed by atoms with E-state index in [0.717, 1.165) is 12.8 Å². The van der Waals surface area contributed by atoms with Crippen molar-refractivity contribution >= 4 is 27.2 Å². The van der Waals surface area contributed by atoms with Crippen LogP contribution >= 0.6 is 12.2 Å². The molecule has 0 saturated heterocycles. The molecule has 0 radical (unpaired) electrons. The maximum atomic E-state index is 11.9. The normalized spacial score (nSPS) is 22.0. The van der Waals surface area contributed by atoms with Gasteiger partial charge >= 0.3 is 0 Å². The van der Waals surface area contributed by atoms with E-state index in [9.17, 15) is 8.42 Å². The summed E-state index contributed by atoms with van der Waals surface area (Å²) < 4.78 is 26.6. The lowest BCUT2D eigenvalue weighted by atomic mass is 9.85. The Balaban J connectivity index is 2.60. The zero-order valence-corrected chi connectivity index (χ0v) is 12.1. The summed E-state index contributed by atoms with van der Waals surface area (Å²) in [6.45, 7) is 3.46. The van der Waals surface area contributed by atoms with Gasteiger partial charge in [-0.2, -0.15) is 0 Å². The van der Waals surface area contributed by atoms with Crippen LogP contribution in [0.4, 0.5) is 0 Å². The predicted molar refractivity (Wildman–Crippen MR) is 74.3 cm³/mol. The highest BCUT2D eigenvalue weighted by Crippen LogP contribution is 2.26. The van der Waals surface area contributed by atoms with Crippen molar-refractivity contribution in [2.24, 2.45) is 11.7 Å². The van der Waals surface area contributed by atoms with Crippen LogP contribution in [0.5, 0.6) is 0 Å². The highest BCUT2D eigenvalue weighted by atomic mass is 32.2. The van der Waals surface area contributed by atoms with Crippen LogP contribution in [0.25, 0.3) is 0 Å². The van der Waals surface area contributed by atoms with Crippen LogP contribution in [-0.2, 0) is 10.0 Å². The van der Waals surface area contributed by atoms with Gasteiger partial charge in [-0.25, -0.2) is 13.1 Å². The molecule has 0 aromatic carbocycles. The van der Waals surface area contributed by atoms with E-state index in [0.29, 0.717) is 5.92 Å². The number of rotatable bonds is 5. The van der Waals surface area contributed by atoms with Gasteiger partial charge in [-0.15, -0.1) is 0 Å². The fourth-order valence-electron chi connectivity index (χ4n) is 2.24. The van der Waals surface area contributed by atoms with Crippen molar-refractivity contribution in [2.75, 3.05) is 0 Å². The monoisotopic (exact) mass is 278 g/mol. The molecule has 0 spiro atoms. The van der Waals surface area contributed by atoms with Crippen LogP contribution in [0.2, 0.25) is 0 Å². The first-order chi connectivity index (χ1) is 7.84. The number of hydrogen-bond acceptors (Lipinski definition) is 3. The quantitative estimate of drug-likeness (QED) is 0.748. The topological polar surface area (TPSA) is 72.2 Å². The Hall–Kier alpha value is -0.200.